The van der Waals surface area contributed by atoms with Crippen molar-refractivity contribution in [3.8, 4) is 0 Å². The molecule has 0 fully saturated rings. The lowest BCUT2D eigenvalue weighted by Gasteiger charge is -2.05. The summed E-state index contributed by atoms with van der Waals surface area (Å²) in [4.78, 5) is 27.9. The van der Waals surface area contributed by atoms with E-state index in [4.69, 9.17) is 0 Å². The van der Waals surface area contributed by atoms with Gasteiger partial charge in [-0.3, -0.25) is 4.79 Å². The van der Waals surface area contributed by atoms with Gasteiger partial charge in [0.05, 0.1) is 6.33 Å². The van der Waals surface area contributed by atoms with Gasteiger partial charge in [-0.1, -0.05) is 27.7 Å². The first-order chi connectivity index (χ1) is 9.65. The molecule has 0 bridgehead atoms. The summed E-state index contributed by atoms with van der Waals surface area (Å²) in [5.41, 5.74) is 2.12. The number of nitrogens with zero attached hydrogens (tertiary/aromatic N) is 3. The van der Waals surface area contributed by atoms with E-state index in [-0.39, 0.29) is 5.78 Å². The first kappa shape index (κ1) is 13.3. The van der Waals surface area contributed by atoms with Gasteiger partial charge in [0.15, 0.2) is 11.4 Å². The van der Waals surface area contributed by atoms with Gasteiger partial charge in [-0.25, -0.2) is 15.0 Å². The van der Waals surface area contributed by atoms with Crippen molar-refractivity contribution in [1.29, 1.82) is 0 Å². The fourth-order valence-corrected chi connectivity index (χ4v) is 3.47. The van der Waals surface area contributed by atoms with E-state index in [1.165, 1.54) is 18.1 Å². The van der Waals surface area contributed by atoms with Crippen LogP contribution in [-0.4, -0.2) is 25.7 Å². The van der Waals surface area contributed by atoms with Gasteiger partial charge in [-0.2, -0.15) is 0 Å². The van der Waals surface area contributed by atoms with Crippen LogP contribution in [-0.2, 0) is 0 Å². The van der Waals surface area contributed by atoms with Gasteiger partial charge in [0.25, 0.3) is 0 Å². The van der Waals surface area contributed by atoms with Gasteiger partial charge >= 0.3 is 0 Å². The molecule has 1 N–H and O–H groups in total. The van der Waals surface area contributed by atoms with Crippen LogP contribution in [0.1, 0.15) is 17.3 Å². The lowest BCUT2D eigenvalue weighted by molar-refractivity contribution is 0.101. The summed E-state index contributed by atoms with van der Waals surface area (Å²) in [6.45, 7) is 1.55. The summed E-state index contributed by atoms with van der Waals surface area (Å²) < 4.78 is 0.782. The largest absolute Gasteiger partial charge is 0.341 e. The number of ketones is 1. The van der Waals surface area contributed by atoms with Crippen molar-refractivity contribution in [3.63, 3.8) is 0 Å². The molecule has 0 saturated carbocycles. The van der Waals surface area contributed by atoms with Crippen molar-refractivity contribution in [2.24, 2.45) is 0 Å². The number of Topliss-reactive ketones (excluding diaryl/α,β-unsaturated/α-hetero) is 1. The Kier molecular flexibility index (Phi) is 3.54. The number of H-pyrrole nitrogens is 1. The second kappa shape index (κ2) is 5.34. The molecule has 3 rings (SSSR count). The molecule has 3 aromatic rings. The predicted molar refractivity (Wildman–Crippen MR) is 80.0 cm³/mol. The number of hydrogen-bond donors (Lipinski definition) is 1. The highest BCUT2D eigenvalue weighted by Gasteiger charge is 2.10. The molecule has 1 aromatic carbocycles. The molecule has 0 unspecified atom stereocenters. The number of hydrogen-bond acceptors (Lipinski definition) is 5. The summed E-state index contributed by atoms with van der Waals surface area (Å²) in [6, 6.07) is 5.61. The van der Waals surface area contributed by atoms with Gasteiger partial charge in [0, 0.05) is 14.9 Å². The second-order valence-electron chi connectivity index (χ2n) is 4.08. The average molecular weight is 349 g/mol. The number of imidazole rings is 1. The standard InChI is InChI=1S/C13H9BrN4OS/c1-7(19)9-3-2-8(4-10(9)14)20-13-11-12(16-5-15-11)17-6-18-13/h2-6H,1H3,(H,15,16,17,18). The Balaban J connectivity index is 1.97. The van der Waals surface area contributed by atoms with Gasteiger partial charge in [-0.05, 0) is 25.1 Å². The molecule has 0 saturated heterocycles. The molecule has 20 heavy (non-hydrogen) atoms. The number of benzene rings is 1. The van der Waals surface area contributed by atoms with E-state index in [9.17, 15) is 4.79 Å². The Morgan fingerprint density at radius 1 is 1.30 bits per heavy atom. The van der Waals surface area contributed by atoms with Crippen molar-refractivity contribution < 1.29 is 4.79 Å². The van der Waals surface area contributed by atoms with Gasteiger partial charge < -0.3 is 4.98 Å². The molecule has 0 aliphatic carbocycles. The molecule has 100 valence electrons. The number of rotatable bonds is 3. The fourth-order valence-electron chi connectivity index (χ4n) is 1.78. The summed E-state index contributed by atoms with van der Waals surface area (Å²) in [5.74, 6) is 0.0337. The zero-order chi connectivity index (χ0) is 14.1. The van der Waals surface area contributed by atoms with Crippen molar-refractivity contribution in [2.45, 2.75) is 16.8 Å². The summed E-state index contributed by atoms with van der Waals surface area (Å²) in [7, 11) is 0. The Morgan fingerprint density at radius 2 is 2.15 bits per heavy atom. The monoisotopic (exact) mass is 348 g/mol. The zero-order valence-electron chi connectivity index (χ0n) is 10.4. The van der Waals surface area contributed by atoms with Crippen LogP contribution in [0.4, 0.5) is 0 Å². The third kappa shape index (κ3) is 2.46. The molecule has 7 heteroatoms. The molecule has 5 nitrogen and oxygen atoms in total. The van der Waals surface area contributed by atoms with E-state index in [1.54, 1.807) is 19.3 Å². The van der Waals surface area contributed by atoms with Crippen LogP contribution in [0, 0.1) is 0 Å². The maximum atomic E-state index is 11.4. The quantitative estimate of drug-likeness (QED) is 0.579. The normalized spacial score (nSPS) is 10.9. The third-order valence-corrected chi connectivity index (χ3v) is 4.37. The van der Waals surface area contributed by atoms with E-state index in [0.29, 0.717) is 11.2 Å². The smallest absolute Gasteiger partial charge is 0.181 e. The number of carbonyl (C=O) groups is 1. The van der Waals surface area contributed by atoms with Crippen LogP contribution in [0.5, 0.6) is 0 Å². The minimum Gasteiger partial charge on any atom is -0.341 e. The van der Waals surface area contributed by atoms with Gasteiger partial charge in [0.2, 0.25) is 0 Å². The fraction of sp³-hybridized carbons (Fsp3) is 0.0769. The summed E-state index contributed by atoms with van der Waals surface area (Å²) >= 11 is 4.91. The molecule has 0 radical (unpaired) electrons. The number of carbonyl (C=O) groups excluding carboxylic acids is 1. The minimum absolute atomic E-state index is 0.0337. The van der Waals surface area contributed by atoms with E-state index >= 15 is 0 Å². The van der Waals surface area contributed by atoms with Crippen LogP contribution < -0.4 is 0 Å². The second-order valence-corrected chi connectivity index (χ2v) is 6.00. The van der Waals surface area contributed by atoms with Crippen LogP contribution in [0.25, 0.3) is 11.2 Å². The van der Waals surface area contributed by atoms with E-state index < -0.39 is 0 Å². The zero-order valence-corrected chi connectivity index (χ0v) is 12.8. The number of halogens is 1. The minimum atomic E-state index is 0.0337. The van der Waals surface area contributed by atoms with Crippen molar-refractivity contribution >= 4 is 44.6 Å². The Labute approximate surface area is 127 Å². The number of aromatic amines is 1. The van der Waals surface area contributed by atoms with E-state index in [2.05, 4.69) is 35.9 Å². The highest BCUT2D eigenvalue weighted by molar-refractivity contribution is 9.10. The molecular formula is C13H9BrN4OS. The van der Waals surface area contributed by atoms with Crippen LogP contribution in [0.2, 0.25) is 0 Å². The number of aromatic nitrogens is 4. The Bertz CT molecular complexity index is 802. The average Bonchev–Trinajstić information content (AvgIpc) is 2.87. The van der Waals surface area contributed by atoms with Gasteiger partial charge in [-0.15, -0.1) is 0 Å². The molecular weight excluding hydrogens is 340 g/mol. The third-order valence-electron chi connectivity index (χ3n) is 2.72. The van der Waals surface area contributed by atoms with Crippen molar-refractivity contribution in [2.75, 3.05) is 0 Å². The topological polar surface area (TPSA) is 71.5 Å². The molecule has 0 aliphatic rings. The maximum Gasteiger partial charge on any atom is 0.181 e. The number of fused-ring (bicyclic) bond motifs is 1. The molecule has 0 amide bonds. The Hall–Kier alpha value is -1.73. The molecule has 2 heterocycles. The first-order valence-corrected chi connectivity index (χ1v) is 7.38. The van der Waals surface area contributed by atoms with E-state index in [0.717, 1.165) is 19.9 Å². The van der Waals surface area contributed by atoms with Crippen molar-refractivity contribution in [1.82, 2.24) is 19.9 Å². The lowest BCUT2D eigenvalue weighted by atomic mass is 10.2. The SMILES string of the molecule is CC(=O)c1ccc(Sc2ncnc3nc[nH]c23)cc1Br. The summed E-state index contributed by atoms with van der Waals surface area (Å²) in [5, 5.41) is 0.801. The molecule has 0 aliphatic heterocycles. The van der Waals surface area contributed by atoms with Crippen LogP contribution >= 0.6 is 27.7 Å². The lowest BCUT2D eigenvalue weighted by Crippen LogP contribution is -1.93. The highest BCUT2D eigenvalue weighted by atomic mass is 79.9. The maximum absolute atomic E-state index is 11.4. The van der Waals surface area contributed by atoms with Gasteiger partial charge in [0.1, 0.15) is 16.9 Å². The number of nitrogens with one attached hydrogen (secondary N) is 1. The predicted octanol–water partition coefficient (Wildman–Crippen LogP) is 3.47. The van der Waals surface area contributed by atoms with Crippen LogP contribution in [0.3, 0.4) is 0 Å². The molecule has 0 atom stereocenters. The highest BCUT2D eigenvalue weighted by Crippen LogP contribution is 2.32. The van der Waals surface area contributed by atoms with Crippen LogP contribution in [0.15, 0.2) is 45.2 Å². The Morgan fingerprint density at radius 3 is 2.90 bits per heavy atom. The summed E-state index contributed by atoms with van der Waals surface area (Å²) in [6.07, 6.45) is 3.09. The first-order valence-electron chi connectivity index (χ1n) is 5.77. The molecule has 2 aromatic heterocycles. The van der Waals surface area contributed by atoms with Crippen molar-refractivity contribution in [3.05, 3.63) is 40.9 Å². The van der Waals surface area contributed by atoms with E-state index in [1.807, 2.05) is 12.1 Å². The molecule has 0 spiro atoms.